The van der Waals surface area contributed by atoms with Crippen LogP contribution in [0.2, 0.25) is 0 Å². The predicted octanol–water partition coefficient (Wildman–Crippen LogP) is 5.27. The summed E-state index contributed by atoms with van der Waals surface area (Å²) in [6.07, 6.45) is 1.97. The van der Waals surface area contributed by atoms with Crippen molar-refractivity contribution in [3.8, 4) is 0 Å². The molecule has 0 radical (unpaired) electrons. The number of carbonyl (C=O) groups excluding carboxylic acids is 1. The fraction of sp³-hybridized carbons (Fsp3) is 0.931. The standard InChI is InChI=1S/C29H46F4N4O2/c1-16-10-20(7-8-24(16)30)25(19-5-6-19)36-27(38)22-12-18(15-37-14-17(2)39-28(37)34)11-21(13-22)23-4-3-9-35-26(23)29(31,32)33/h16-26,34-35H,3-15H2,1-2H3,(H,36,38)/t16?,17-,18?,20?,21?,22?,23?,24?,25+,26?/m1/s1. The maximum Gasteiger partial charge on any atom is 0.404 e. The van der Waals surface area contributed by atoms with Crippen LogP contribution in [0.4, 0.5) is 17.6 Å². The second kappa shape index (κ2) is 11.7. The SMILES string of the molecule is CC1CC([C@@H](NC(=O)C2CC(CN3C[C@@H](C)OC3=N)CC(C3CCCNC3C(F)(F)F)C2)C2CC2)CCC1F. The van der Waals surface area contributed by atoms with Crippen molar-refractivity contribution in [1.82, 2.24) is 15.5 Å². The van der Waals surface area contributed by atoms with E-state index in [-0.39, 0.29) is 53.7 Å². The van der Waals surface area contributed by atoms with E-state index in [9.17, 15) is 22.4 Å². The molecule has 10 heteroatoms. The number of amides is 1. The summed E-state index contributed by atoms with van der Waals surface area (Å²) in [6.45, 7) is 5.35. The first-order chi connectivity index (χ1) is 18.5. The van der Waals surface area contributed by atoms with E-state index >= 15 is 0 Å². The van der Waals surface area contributed by atoms with E-state index in [1.807, 2.05) is 18.7 Å². The van der Waals surface area contributed by atoms with Crippen molar-refractivity contribution in [2.45, 2.75) is 109 Å². The van der Waals surface area contributed by atoms with Crippen LogP contribution in [0.1, 0.15) is 78.1 Å². The van der Waals surface area contributed by atoms with Gasteiger partial charge in [0.05, 0.1) is 6.54 Å². The zero-order valence-electron chi connectivity index (χ0n) is 23.3. The molecule has 2 saturated heterocycles. The summed E-state index contributed by atoms with van der Waals surface area (Å²) in [7, 11) is 0. The minimum absolute atomic E-state index is 0.0103. The molecule has 1 amide bonds. The van der Waals surface area contributed by atoms with Crippen LogP contribution < -0.4 is 10.6 Å². The highest BCUT2D eigenvalue weighted by Gasteiger charge is 2.50. The van der Waals surface area contributed by atoms with Crippen molar-refractivity contribution in [2.75, 3.05) is 19.6 Å². The maximum absolute atomic E-state index is 14.2. The Labute approximate surface area is 229 Å². The lowest BCUT2D eigenvalue weighted by atomic mass is 9.66. The summed E-state index contributed by atoms with van der Waals surface area (Å²) in [4.78, 5) is 15.7. The molecule has 0 bridgehead atoms. The Morgan fingerprint density at radius 2 is 1.85 bits per heavy atom. The number of hydrogen-bond donors (Lipinski definition) is 3. The largest absolute Gasteiger partial charge is 0.460 e. The molecule has 3 saturated carbocycles. The highest BCUT2D eigenvalue weighted by Crippen LogP contribution is 2.46. The smallest absolute Gasteiger partial charge is 0.404 e. The number of ether oxygens (including phenoxy) is 1. The first-order valence-corrected chi connectivity index (χ1v) is 15.2. The van der Waals surface area contributed by atoms with Gasteiger partial charge in [-0.1, -0.05) is 6.92 Å². The quantitative estimate of drug-likeness (QED) is 0.372. The average Bonchev–Trinajstić information content (AvgIpc) is 3.68. The zero-order valence-corrected chi connectivity index (χ0v) is 23.3. The molecule has 0 aromatic rings. The molecular weight excluding hydrogens is 512 g/mol. The van der Waals surface area contributed by atoms with Crippen LogP contribution in [-0.4, -0.2) is 67.0 Å². The molecule has 5 fully saturated rings. The van der Waals surface area contributed by atoms with Gasteiger partial charge in [-0.25, -0.2) is 4.39 Å². The molecule has 3 aliphatic carbocycles. The summed E-state index contributed by atoms with van der Waals surface area (Å²) in [6, 6.07) is -1.39. The van der Waals surface area contributed by atoms with Crippen LogP contribution in [0.3, 0.4) is 0 Å². The van der Waals surface area contributed by atoms with E-state index in [1.54, 1.807) is 0 Å². The topological polar surface area (TPSA) is 77.5 Å². The molecule has 8 unspecified atom stereocenters. The number of carbonyl (C=O) groups is 1. The monoisotopic (exact) mass is 558 g/mol. The summed E-state index contributed by atoms with van der Waals surface area (Å²) in [5, 5.41) is 14.3. The molecule has 39 heavy (non-hydrogen) atoms. The van der Waals surface area contributed by atoms with Crippen LogP contribution in [0.5, 0.6) is 0 Å². The molecule has 6 nitrogen and oxygen atoms in total. The Kier molecular flexibility index (Phi) is 8.70. The van der Waals surface area contributed by atoms with Crippen molar-refractivity contribution in [3.05, 3.63) is 0 Å². The summed E-state index contributed by atoms with van der Waals surface area (Å²) < 4.78 is 61.8. The van der Waals surface area contributed by atoms with Gasteiger partial charge in [0.25, 0.3) is 6.02 Å². The minimum atomic E-state index is -4.32. The van der Waals surface area contributed by atoms with Gasteiger partial charge in [-0.15, -0.1) is 0 Å². The minimum Gasteiger partial charge on any atom is -0.460 e. The van der Waals surface area contributed by atoms with Crippen molar-refractivity contribution in [3.63, 3.8) is 0 Å². The Hall–Kier alpha value is -1.58. The normalized spacial score (nSPS) is 40.7. The number of hydrogen-bond acceptors (Lipinski definition) is 4. The van der Waals surface area contributed by atoms with Gasteiger partial charge < -0.3 is 20.3 Å². The van der Waals surface area contributed by atoms with E-state index in [0.717, 1.165) is 25.7 Å². The first kappa shape index (κ1) is 28.9. The Morgan fingerprint density at radius 1 is 1.10 bits per heavy atom. The number of rotatable bonds is 7. The van der Waals surface area contributed by atoms with Gasteiger partial charge in [-0.3, -0.25) is 10.2 Å². The molecule has 3 N–H and O–H groups in total. The van der Waals surface area contributed by atoms with Crippen LogP contribution in [0, 0.1) is 46.8 Å². The molecular formula is C29H46F4N4O2. The summed E-state index contributed by atoms with van der Waals surface area (Å²) >= 11 is 0. The van der Waals surface area contributed by atoms with Gasteiger partial charge in [0.15, 0.2) is 0 Å². The van der Waals surface area contributed by atoms with E-state index in [1.165, 1.54) is 0 Å². The number of nitrogens with one attached hydrogen (secondary N) is 3. The van der Waals surface area contributed by atoms with Crippen molar-refractivity contribution in [1.29, 1.82) is 5.41 Å². The van der Waals surface area contributed by atoms with Crippen LogP contribution in [0.25, 0.3) is 0 Å². The third-order valence-corrected chi connectivity index (χ3v) is 10.3. The highest BCUT2D eigenvalue weighted by atomic mass is 19.4. The molecule has 10 atom stereocenters. The second-order valence-electron chi connectivity index (χ2n) is 13.4. The van der Waals surface area contributed by atoms with E-state index in [0.29, 0.717) is 64.1 Å². The van der Waals surface area contributed by atoms with Gasteiger partial charge in [0.1, 0.15) is 18.3 Å². The zero-order chi connectivity index (χ0) is 27.9. The molecule has 222 valence electrons. The van der Waals surface area contributed by atoms with E-state index < -0.39 is 24.3 Å². The lowest BCUT2D eigenvalue weighted by Gasteiger charge is -2.44. The van der Waals surface area contributed by atoms with Crippen molar-refractivity contribution >= 4 is 11.9 Å². The molecule has 2 heterocycles. The van der Waals surface area contributed by atoms with Crippen LogP contribution >= 0.6 is 0 Å². The molecule has 5 rings (SSSR count). The number of amidine groups is 1. The maximum atomic E-state index is 14.2. The number of halogens is 4. The second-order valence-corrected chi connectivity index (χ2v) is 13.4. The fourth-order valence-electron chi connectivity index (χ4n) is 8.23. The third-order valence-electron chi connectivity index (χ3n) is 10.3. The van der Waals surface area contributed by atoms with Gasteiger partial charge in [0, 0.05) is 18.5 Å². The molecule has 0 aromatic heterocycles. The molecule has 5 aliphatic rings. The summed E-state index contributed by atoms with van der Waals surface area (Å²) in [5.74, 6) is -0.450. The highest BCUT2D eigenvalue weighted by molar-refractivity contribution is 5.79. The average molecular weight is 559 g/mol. The molecule has 0 aromatic carbocycles. The number of alkyl halides is 4. The van der Waals surface area contributed by atoms with Crippen LogP contribution in [-0.2, 0) is 9.53 Å². The molecule has 0 spiro atoms. The molecule has 2 aliphatic heterocycles. The van der Waals surface area contributed by atoms with Gasteiger partial charge >= 0.3 is 6.18 Å². The van der Waals surface area contributed by atoms with Gasteiger partial charge in [-0.05, 0) is 113 Å². The lowest BCUT2D eigenvalue weighted by molar-refractivity contribution is -0.179. The van der Waals surface area contributed by atoms with E-state index in [2.05, 4.69) is 10.6 Å². The Bertz CT molecular complexity index is 884. The van der Waals surface area contributed by atoms with Crippen LogP contribution in [0.15, 0.2) is 0 Å². The number of nitrogens with zero attached hydrogens (tertiary/aromatic N) is 1. The van der Waals surface area contributed by atoms with E-state index in [4.69, 9.17) is 10.1 Å². The van der Waals surface area contributed by atoms with Gasteiger partial charge in [-0.2, -0.15) is 13.2 Å². The first-order valence-electron chi connectivity index (χ1n) is 15.2. The predicted molar refractivity (Wildman–Crippen MR) is 141 cm³/mol. The van der Waals surface area contributed by atoms with Gasteiger partial charge in [0.2, 0.25) is 5.91 Å². The third kappa shape index (κ3) is 6.84. The lowest BCUT2D eigenvalue weighted by Crippen LogP contribution is -2.55. The van der Waals surface area contributed by atoms with Crippen molar-refractivity contribution in [2.24, 2.45) is 41.4 Å². The number of piperidine rings is 1. The fourth-order valence-corrected chi connectivity index (χ4v) is 8.23. The Balaban J connectivity index is 1.32. The van der Waals surface area contributed by atoms with Crippen molar-refractivity contribution < 1.29 is 27.1 Å². The Morgan fingerprint density at radius 3 is 2.49 bits per heavy atom. The summed E-state index contributed by atoms with van der Waals surface area (Å²) in [5.41, 5.74) is 0.